The van der Waals surface area contributed by atoms with E-state index in [-0.39, 0.29) is 24.1 Å². The van der Waals surface area contributed by atoms with Gasteiger partial charge in [0, 0.05) is 5.69 Å². The minimum Gasteiger partial charge on any atom is -0.545 e. The number of benzene rings is 1. The van der Waals surface area contributed by atoms with E-state index in [0.717, 1.165) is 0 Å². The van der Waals surface area contributed by atoms with E-state index in [1.807, 2.05) is 0 Å². The van der Waals surface area contributed by atoms with Crippen molar-refractivity contribution in [3.8, 4) is 0 Å². The van der Waals surface area contributed by atoms with Crippen LogP contribution in [0.3, 0.4) is 0 Å². The Morgan fingerprint density at radius 2 is 1.68 bits per heavy atom. The standard InChI is InChI=1S/C18H17F4NO5/c19-17(20)18(21,22)9-28-16(27)13-4-2-1-3-12(13)14(24)23-11-7-5-10(6-8-11)15(25)26/h1-2,5-8,12-13,17H,3-4,9H2,(H,23,24)(H,25,26)/p-1. The number of amides is 1. The molecule has 0 fully saturated rings. The topological polar surface area (TPSA) is 95.5 Å². The Kier molecular flexibility index (Phi) is 6.76. The van der Waals surface area contributed by atoms with E-state index in [1.165, 1.54) is 24.3 Å². The smallest absolute Gasteiger partial charge is 0.340 e. The number of carboxylic acid groups (broad SMARTS) is 1. The van der Waals surface area contributed by atoms with E-state index < -0.39 is 48.6 Å². The van der Waals surface area contributed by atoms with Gasteiger partial charge in [-0.25, -0.2) is 8.78 Å². The van der Waals surface area contributed by atoms with Gasteiger partial charge in [-0.15, -0.1) is 0 Å². The molecule has 1 N–H and O–H groups in total. The first kappa shape index (κ1) is 21.4. The van der Waals surface area contributed by atoms with Crippen LogP contribution in [0.5, 0.6) is 0 Å². The Morgan fingerprint density at radius 1 is 1.11 bits per heavy atom. The molecular weight excluding hydrogens is 386 g/mol. The molecule has 1 aromatic rings. The van der Waals surface area contributed by atoms with Crippen molar-refractivity contribution < 1.29 is 41.8 Å². The number of allylic oxidation sites excluding steroid dienone is 2. The minimum absolute atomic E-state index is 0.0286. The lowest BCUT2D eigenvalue weighted by Gasteiger charge is -2.26. The van der Waals surface area contributed by atoms with Crippen molar-refractivity contribution in [3.63, 3.8) is 0 Å². The van der Waals surface area contributed by atoms with Gasteiger partial charge >= 0.3 is 18.3 Å². The second-order valence-corrected chi connectivity index (χ2v) is 6.18. The monoisotopic (exact) mass is 402 g/mol. The number of carboxylic acids is 1. The average Bonchev–Trinajstić information content (AvgIpc) is 2.66. The third kappa shape index (κ3) is 5.30. The molecule has 2 atom stereocenters. The molecule has 152 valence electrons. The van der Waals surface area contributed by atoms with Gasteiger partial charge in [-0.2, -0.15) is 8.78 Å². The van der Waals surface area contributed by atoms with Crippen LogP contribution >= 0.6 is 0 Å². The lowest BCUT2D eigenvalue weighted by atomic mass is 9.82. The first-order valence-corrected chi connectivity index (χ1v) is 8.21. The Bertz CT molecular complexity index is 764. The van der Waals surface area contributed by atoms with E-state index in [0.29, 0.717) is 0 Å². The van der Waals surface area contributed by atoms with Crippen LogP contribution in [0.25, 0.3) is 0 Å². The number of aromatic carboxylic acids is 1. The van der Waals surface area contributed by atoms with Crippen molar-refractivity contribution in [1.29, 1.82) is 0 Å². The van der Waals surface area contributed by atoms with Gasteiger partial charge in [-0.3, -0.25) is 9.59 Å². The third-order valence-electron chi connectivity index (χ3n) is 4.19. The predicted octanol–water partition coefficient (Wildman–Crippen LogP) is 2.01. The molecule has 0 aliphatic heterocycles. The number of halogens is 4. The number of hydrogen-bond donors (Lipinski definition) is 1. The zero-order valence-corrected chi connectivity index (χ0v) is 14.4. The van der Waals surface area contributed by atoms with Crippen LogP contribution in [-0.2, 0) is 14.3 Å². The second kappa shape index (κ2) is 8.85. The van der Waals surface area contributed by atoms with E-state index in [4.69, 9.17) is 0 Å². The van der Waals surface area contributed by atoms with Gasteiger partial charge in [0.15, 0.2) is 6.61 Å². The Labute approximate surface area is 157 Å². The van der Waals surface area contributed by atoms with Crippen molar-refractivity contribution in [2.45, 2.75) is 25.2 Å². The summed E-state index contributed by atoms with van der Waals surface area (Å²) in [6, 6.07) is 5.06. The fraction of sp³-hybridized carbons (Fsp3) is 0.389. The summed E-state index contributed by atoms with van der Waals surface area (Å²) in [5, 5.41) is 13.2. The van der Waals surface area contributed by atoms with Crippen molar-refractivity contribution >= 4 is 23.5 Å². The van der Waals surface area contributed by atoms with Crippen molar-refractivity contribution in [2.75, 3.05) is 11.9 Å². The molecule has 0 aromatic heterocycles. The number of hydrogen-bond acceptors (Lipinski definition) is 5. The van der Waals surface area contributed by atoms with Crippen LogP contribution in [0.15, 0.2) is 36.4 Å². The number of alkyl halides is 4. The number of carbonyl (C=O) groups excluding carboxylic acids is 3. The van der Waals surface area contributed by atoms with E-state index in [1.54, 1.807) is 12.2 Å². The highest BCUT2D eigenvalue weighted by Crippen LogP contribution is 2.30. The van der Waals surface area contributed by atoms with E-state index in [9.17, 15) is 37.1 Å². The first-order valence-electron chi connectivity index (χ1n) is 8.21. The Balaban J connectivity index is 2.03. The van der Waals surface area contributed by atoms with Crippen molar-refractivity contribution in [1.82, 2.24) is 0 Å². The van der Waals surface area contributed by atoms with Gasteiger partial charge in [-0.1, -0.05) is 24.3 Å². The van der Waals surface area contributed by atoms with Crippen LogP contribution < -0.4 is 10.4 Å². The maximum absolute atomic E-state index is 12.9. The molecule has 2 unspecified atom stereocenters. The fourth-order valence-corrected chi connectivity index (χ4v) is 2.63. The summed E-state index contributed by atoms with van der Waals surface area (Å²) in [6.45, 7) is -1.78. The highest BCUT2D eigenvalue weighted by atomic mass is 19.3. The summed E-state index contributed by atoms with van der Waals surface area (Å²) >= 11 is 0. The molecule has 0 radical (unpaired) electrons. The van der Waals surface area contributed by atoms with Gasteiger partial charge < -0.3 is 20.0 Å². The molecule has 6 nitrogen and oxygen atoms in total. The van der Waals surface area contributed by atoms with Gasteiger partial charge in [0.05, 0.1) is 17.8 Å². The normalized spacial score (nSPS) is 19.3. The van der Waals surface area contributed by atoms with E-state index in [2.05, 4.69) is 10.1 Å². The number of rotatable bonds is 7. The maximum Gasteiger partial charge on any atom is 0.340 e. The van der Waals surface area contributed by atoms with Gasteiger partial charge in [-0.05, 0) is 30.5 Å². The van der Waals surface area contributed by atoms with Crippen LogP contribution in [-0.4, -0.2) is 36.8 Å². The van der Waals surface area contributed by atoms with Crippen LogP contribution in [0, 0.1) is 11.8 Å². The zero-order chi connectivity index (χ0) is 20.9. The number of ether oxygens (including phenoxy) is 1. The zero-order valence-electron chi connectivity index (χ0n) is 14.4. The first-order chi connectivity index (χ1) is 13.1. The Hall–Kier alpha value is -2.91. The highest BCUT2D eigenvalue weighted by molar-refractivity contribution is 5.96. The molecule has 1 aliphatic rings. The maximum atomic E-state index is 12.9. The summed E-state index contributed by atoms with van der Waals surface area (Å²) in [4.78, 5) is 35.2. The molecule has 1 aliphatic carbocycles. The lowest BCUT2D eigenvalue weighted by molar-refractivity contribution is -0.255. The predicted molar refractivity (Wildman–Crippen MR) is 86.7 cm³/mol. The van der Waals surface area contributed by atoms with Gasteiger partial charge in [0.25, 0.3) is 0 Å². The van der Waals surface area contributed by atoms with E-state index >= 15 is 0 Å². The Morgan fingerprint density at radius 3 is 2.21 bits per heavy atom. The van der Waals surface area contributed by atoms with Crippen molar-refractivity contribution in [2.24, 2.45) is 11.8 Å². The fourth-order valence-electron chi connectivity index (χ4n) is 2.63. The number of esters is 1. The highest BCUT2D eigenvalue weighted by Gasteiger charge is 2.43. The van der Waals surface area contributed by atoms with Crippen LogP contribution in [0.4, 0.5) is 23.2 Å². The van der Waals surface area contributed by atoms with Gasteiger partial charge in [0.1, 0.15) is 0 Å². The second-order valence-electron chi connectivity index (χ2n) is 6.18. The summed E-state index contributed by atoms with van der Waals surface area (Å²) in [7, 11) is 0. The number of nitrogens with one attached hydrogen (secondary N) is 1. The lowest BCUT2D eigenvalue weighted by Crippen LogP contribution is -2.39. The third-order valence-corrected chi connectivity index (χ3v) is 4.19. The number of carbonyl (C=O) groups is 3. The molecule has 0 spiro atoms. The summed E-state index contributed by atoms with van der Waals surface area (Å²) in [5.74, 6) is -9.72. The molecule has 1 aromatic carbocycles. The largest absolute Gasteiger partial charge is 0.545 e. The summed E-state index contributed by atoms with van der Waals surface area (Å²) in [5.41, 5.74) is 0.154. The molecule has 10 heteroatoms. The summed E-state index contributed by atoms with van der Waals surface area (Å²) in [6.07, 6.45) is -0.639. The molecule has 2 rings (SSSR count). The molecule has 1 amide bonds. The molecule has 0 bridgehead atoms. The SMILES string of the molecule is O=C([O-])c1ccc(NC(=O)C2CC=CCC2C(=O)OCC(F)(F)C(F)F)cc1. The minimum atomic E-state index is -4.47. The molecule has 0 saturated carbocycles. The molecule has 0 saturated heterocycles. The van der Waals surface area contributed by atoms with Gasteiger partial charge in [0.2, 0.25) is 5.91 Å². The average molecular weight is 402 g/mol. The molecular formula is C18H16F4NO5-. The summed E-state index contributed by atoms with van der Waals surface area (Å²) < 4.78 is 54.6. The molecule has 0 heterocycles. The quantitative estimate of drug-likeness (QED) is 0.428. The van der Waals surface area contributed by atoms with Crippen molar-refractivity contribution in [3.05, 3.63) is 42.0 Å². The van der Waals surface area contributed by atoms with Crippen LogP contribution in [0.1, 0.15) is 23.2 Å². The number of anilines is 1. The molecule has 28 heavy (non-hydrogen) atoms. The van der Waals surface area contributed by atoms with Crippen LogP contribution in [0.2, 0.25) is 0 Å².